The summed E-state index contributed by atoms with van der Waals surface area (Å²) in [6, 6.07) is 5.43. The van der Waals surface area contributed by atoms with Crippen molar-refractivity contribution in [2.24, 2.45) is 11.8 Å². The van der Waals surface area contributed by atoms with E-state index in [9.17, 15) is 27.6 Å². The summed E-state index contributed by atoms with van der Waals surface area (Å²) in [6.07, 6.45) is -3.20. The molecule has 3 amide bonds. The minimum absolute atomic E-state index is 0.0345. The Morgan fingerprint density at radius 2 is 1.57 bits per heavy atom. The van der Waals surface area contributed by atoms with Gasteiger partial charge in [-0.2, -0.15) is 18.2 Å². The molecule has 15 heteroatoms. The van der Waals surface area contributed by atoms with Gasteiger partial charge in [0.05, 0.1) is 12.8 Å². The second-order valence-corrected chi connectivity index (χ2v) is 11.6. The number of rotatable bonds is 11. The van der Waals surface area contributed by atoms with E-state index in [0.29, 0.717) is 57.1 Å². The quantitative estimate of drug-likeness (QED) is 0.336. The van der Waals surface area contributed by atoms with Crippen molar-refractivity contribution in [3.05, 3.63) is 30.0 Å². The van der Waals surface area contributed by atoms with Gasteiger partial charge in [-0.1, -0.05) is 0 Å². The highest BCUT2D eigenvalue weighted by Gasteiger charge is 2.39. The Morgan fingerprint density at radius 3 is 2.09 bits per heavy atom. The SMILES string of the molecule is CCNC(=O)C[C@@H]1C[C@H](CC(=O)NCC)CN(c2nc(Nc3ccc(N4CCN(C(C)=O)CC4)cc3OC)ncc2C(F)(F)F)C1. The monoisotopic (exact) mass is 648 g/mol. The zero-order valence-corrected chi connectivity index (χ0v) is 26.7. The van der Waals surface area contributed by atoms with Crippen molar-refractivity contribution in [1.29, 1.82) is 0 Å². The van der Waals surface area contributed by atoms with Gasteiger partial charge in [-0.05, 0) is 44.2 Å². The number of benzene rings is 1. The molecule has 1 aromatic carbocycles. The highest BCUT2D eigenvalue weighted by atomic mass is 19.4. The van der Waals surface area contributed by atoms with Gasteiger partial charge in [0, 0.05) is 90.1 Å². The van der Waals surface area contributed by atoms with E-state index in [2.05, 4.69) is 30.8 Å². The molecule has 0 bridgehead atoms. The molecule has 0 aliphatic carbocycles. The van der Waals surface area contributed by atoms with Crippen LogP contribution in [0.15, 0.2) is 24.4 Å². The molecule has 2 saturated heterocycles. The number of carbonyl (C=O) groups is 3. The number of hydrogen-bond acceptors (Lipinski definition) is 9. The summed E-state index contributed by atoms with van der Waals surface area (Å²) in [5.41, 5.74) is 0.339. The lowest BCUT2D eigenvalue weighted by Gasteiger charge is -2.39. The lowest BCUT2D eigenvalue weighted by atomic mass is 9.84. The molecule has 2 atom stereocenters. The maximum absolute atomic E-state index is 14.3. The zero-order valence-electron chi connectivity index (χ0n) is 26.7. The molecule has 12 nitrogen and oxygen atoms in total. The number of anilines is 4. The molecule has 2 aromatic rings. The average molecular weight is 649 g/mol. The van der Waals surface area contributed by atoms with Gasteiger partial charge in [-0.3, -0.25) is 14.4 Å². The summed E-state index contributed by atoms with van der Waals surface area (Å²) in [5, 5.41) is 8.52. The van der Waals surface area contributed by atoms with Crippen molar-refractivity contribution in [3.63, 3.8) is 0 Å². The Hall–Kier alpha value is -4.30. The number of hydrogen-bond donors (Lipinski definition) is 3. The van der Waals surface area contributed by atoms with Crippen molar-refractivity contribution in [2.45, 2.75) is 46.2 Å². The summed E-state index contributed by atoms with van der Waals surface area (Å²) in [7, 11) is 1.49. The summed E-state index contributed by atoms with van der Waals surface area (Å²) < 4.78 is 48.5. The number of methoxy groups -OCH3 is 1. The smallest absolute Gasteiger partial charge is 0.421 e. The van der Waals surface area contributed by atoms with Gasteiger partial charge in [-0.15, -0.1) is 0 Å². The fourth-order valence-corrected chi connectivity index (χ4v) is 6.10. The van der Waals surface area contributed by atoms with Crippen LogP contribution in [0.3, 0.4) is 0 Å². The van der Waals surface area contributed by atoms with E-state index in [-0.39, 0.29) is 67.3 Å². The first-order chi connectivity index (χ1) is 21.9. The molecule has 0 saturated carbocycles. The summed E-state index contributed by atoms with van der Waals surface area (Å²) >= 11 is 0. The van der Waals surface area contributed by atoms with Gasteiger partial charge >= 0.3 is 6.18 Å². The number of piperazine rings is 1. The Bertz CT molecular complexity index is 1360. The van der Waals surface area contributed by atoms with E-state index in [1.165, 1.54) is 12.0 Å². The topological polar surface area (TPSA) is 132 Å². The number of amides is 3. The summed E-state index contributed by atoms with van der Waals surface area (Å²) in [5.74, 6) is -0.840. The Kier molecular flexibility index (Phi) is 11.5. The zero-order chi connectivity index (χ0) is 33.4. The number of nitrogens with zero attached hydrogens (tertiary/aromatic N) is 5. The van der Waals surface area contributed by atoms with Crippen LogP contribution in [0.1, 0.15) is 45.6 Å². The predicted molar refractivity (Wildman–Crippen MR) is 168 cm³/mol. The second kappa shape index (κ2) is 15.3. The highest BCUT2D eigenvalue weighted by Crippen LogP contribution is 2.39. The fraction of sp³-hybridized carbons (Fsp3) is 0.581. The number of ether oxygens (including phenoxy) is 1. The predicted octanol–water partition coefficient (Wildman–Crippen LogP) is 3.41. The minimum Gasteiger partial charge on any atom is -0.494 e. The van der Waals surface area contributed by atoms with Crippen molar-refractivity contribution in [3.8, 4) is 5.75 Å². The minimum atomic E-state index is -4.73. The Labute approximate surface area is 267 Å². The number of carbonyl (C=O) groups excluding carboxylic acids is 3. The standard InChI is InChI=1S/C31H43F3N8O4/c1-5-35-27(44)14-21-13-22(15-28(45)36-6-2)19-42(18-21)29-24(31(32,33)34)17-37-30(39-29)38-25-8-7-23(16-26(25)46-4)41-11-9-40(10-12-41)20(3)43/h7-8,16-17,21-22H,5-6,9-15,18-19H2,1-4H3,(H,35,44)(H,36,45)(H,37,38,39)/t21-,22+. The molecule has 0 spiro atoms. The molecule has 3 N–H and O–H groups in total. The lowest BCUT2D eigenvalue weighted by Crippen LogP contribution is -2.48. The molecule has 1 aromatic heterocycles. The van der Waals surface area contributed by atoms with E-state index < -0.39 is 11.7 Å². The third-order valence-electron chi connectivity index (χ3n) is 8.22. The molecule has 252 valence electrons. The third-order valence-corrected chi connectivity index (χ3v) is 8.22. The van der Waals surface area contributed by atoms with Crippen LogP contribution in [0.2, 0.25) is 0 Å². The van der Waals surface area contributed by atoms with Crippen LogP contribution in [0, 0.1) is 11.8 Å². The Morgan fingerprint density at radius 1 is 0.957 bits per heavy atom. The number of aromatic nitrogens is 2. The molecule has 4 rings (SSSR count). The number of halogens is 3. The van der Waals surface area contributed by atoms with Crippen LogP contribution in [0.25, 0.3) is 0 Å². The lowest BCUT2D eigenvalue weighted by molar-refractivity contribution is -0.137. The van der Waals surface area contributed by atoms with Gasteiger partial charge in [0.2, 0.25) is 23.7 Å². The van der Waals surface area contributed by atoms with Crippen LogP contribution < -0.4 is 30.5 Å². The largest absolute Gasteiger partial charge is 0.494 e. The van der Waals surface area contributed by atoms with Crippen LogP contribution in [0.5, 0.6) is 5.75 Å². The summed E-state index contributed by atoms with van der Waals surface area (Å²) in [6.45, 7) is 8.87. The molecule has 3 heterocycles. The molecule has 0 unspecified atom stereocenters. The Balaban J connectivity index is 1.61. The third kappa shape index (κ3) is 8.91. The van der Waals surface area contributed by atoms with Crippen molar-refractivity contribution in [1.82, 2.24) is 25.5 Å². The highest BCUT2D eigenvalue weighted by molar-refractivity contribution is 5.77. The maximum atomic E-state index is 14.3. The van der Waals surface area contributed by atoms with Gasteiger partial charge in [-0.25, -0.2) is 4.98 Å². The number of piperidine rings is 1. The maximum Gasteiger partial charge on any atom is 0.421 e. The second-order valence-electron chi connectivity index (χ2n) is 11.6. The van der Waals surface area contributed by atoms with Crippen molar-refractivity contribution in [2.75, 3.05) is 74.6 Å². The van der Waals surface area contributed by atoms with E-state index in [1.54, 1.807) is 31.7 Å². The van der Waals surface area contributed by atoms with Crippen molar-refractivity contribution < 1.29 is 32.3 Å². The van der Waals surface area contributed by atoms with Gasteiger partial charge < -0.3 is 35.4 Å². The molecule has 2 aliphatic heterocycles. The summed E-state index contributed by atoms with van der Waals surface area (Å²) in [4.78, 5) is 50.4. The van der Waals surface area contributed by atoms with Gasteiger partial charge in [0.15, 0.2) is 0 Å². The van der Waals surface area contributed by atoms with Crippen molar-refractivity contribution >= 4 is 40.9 Å². The van der Waals surface area contributed by atoms with Gasteiger partial charge in [0.25, 0.3) is 0 Å². The average Bonchev–Trinajstić information content (AvgIpc) is 3.00. The molecular weight excluding hydrogens is 605 g/mol. The van der Waals surface area contributed by atoms with Crippen LogP contribution in [0.4, 0.5) is 36.3 Å². The van der Waals surface area contributed by atoms with E-state index in [4.69, 9.17) is 4.74 Å². The molecule has 0 radical (unpaired) electrons. The fourth-order valence-electron chi connectivity index (χ4n) is 6.10. The number of alkyl halides is 3. The molecule has 46 heavy (non-hydrogen) atoms. The van der Waals surface area contributed by atoms with E-state index in [1.807, 2.05) is 12.1 Å². The van der Waals surface area contributed by atoms with E-state index >= 15 is 0 Å². The molecule has 2 fully saturated rings. The first-order valence-electron chi connectivity index (χ1n) is 15.6. The van der Waals surface area contributed by atoms with Crippen LogP contribution in [-0.2, 0) is 20.6 Å². The normalized spacial score (nSPS) is 18.6. The number of nitrogens with one attached hydrogen (secondary N) is 3. The molecule has 2 aliphatic rings. The van der Waals surface area contributed by atoms with Gasteiger partial charge in [0.1, 0.15) is 17.1 Å². The van der Waals surface area contributed by atoms with E-state index in [0.717, 1.165) is 11.9 Å². The molecular formula is C31H43F3N8O4. The van der Waals surface area contributed by atoms with Crippen LogP contribution >= 0.6 is 0 Å². The first-order valence-corrected chi connectivity index (χ1v) is 15.6. The first kappa shape index (κ1) is 34.6. The van der Waals surface area contributed by atoms with Crippen LogP contribution in [-0.4, -0.2) is 92.1 Å².